The molecule has 1 saturated heterocycles. The predicted octanol–water partition coefficient (Wildman–Crippen LogP) is 4.45. The van der Waals surface area contributed by atoms with Crippen molar-refractivity contribution in [1.82, 2.24) is 9.62 Å². The number of piperidine rings is 1. The van der Waals surface area contributed by atoms with E-state index in [9.17, 15) is 13.2 Å². The maximum atomic E-state index is 12.6. The number of benzene rings is 2. The Morgan fingerprint density at radius 1 is 1.21 bits per heavy atom. The first-order valence-corrected chi connectivity index (χ1v) is 13.2. The van der Waals surface area contributed by atoms with Crippen LogP contribution < -0.4 is 19.9 Å². The van der Waals surface area contributed by atoms with Gasteiger partial charge < -0.3 is 14.8 Å². The average Bonchev–Trinajstić information content (AvgIpc) is 2.80. The number of hydrogen-bond acceptors (Lipinski definition) is 5. The van der Waals surface area contributed by atoms with Crippen LogP contribution in [0.3, 0.4) is 0 Å². The van der Waals surface area contributed by atoms with E-state index in [1.165, 1.54) is 4.31 Å². The van der Waals surface area contributed by atoms with Gasteiger partial charge in [0.15, 0.2) is 5.75 Å². The van der Waals surface area contributed by atoms with Gasteiger partial charge in [0.05, 0.1) is 17.2 Å². The Bertz CT molecular complexity index is 1150. The topological polar surface area (TPSA) is 111 Å². The summed E-state index contributed by atoms with van der Waals surface area (Å²) in [5, 5.41) is 8.68. The Labute approximate surface area is 210 Å². The molecule has 186 valence electrons. The van der Waals surface area contributed by atoms with Crippen LogP contribution in [0.4, 0.5) is 0 Å². The lowest BCUT2D eigenvalue weighted by atomic mass is 9.97. The van der Waals surface area contributed by atoms with Gasteiger partial charge in [-0.25, -0.2) is 5.14 Å². The van der Waals surface area contributed by atoms with Crippen LogP contribution in [0, 0.1) is 5.92 Å². The molecule has 2 aromatic rings. The first kappa shape index (κ1) is 26.6. The van der Waals surface area contributed by atoms with Crippen molar-refractivity contribution in [3.05, 3.63) is 51.5 Å². The lowest BCUT2D eigenvalue weighted by Crippen LogP contribution is -2.45. The minimum absolute atomic E-state index is 0.167. The number of nitrogens with two attached hydrogens (primary N) is 1. The van der Waals surface area contributed by atoms with Gasteiger partial charge in [-0.15, -0.1) is 0 Å². The smallest absolute Gasteiger partial charge is 0.276 e. The van der Waals surface area contributed by atoms with Crippen molar-refractivity contribution >= 4 is 39.3 Å². The highest BCUT2D eigenvalue weighted by Gasteiger charge is 2.29. The van der Waals surface area contributed by atoms with Crippen LogP contribution in [0.1, 0.15) is 43.7 Å². The summed E-state index contributed by atoms with van der Waals surface area (Å²) in [7, 11) is -2.11. The summed E-state index contributed by atoms with van der Waals surface area (Å²) in [6, 6.07) is 8.90. The predicted molar refractivity (Wildman–Crippen MR) is 133 cm³/mol. The van der Waals surface area contributed by atoms with Gasteiger partial charge >= 0.3 is 0 Å². The van der Waals surface area contributed by atoms with Crippen LogP contribution in [0.25, 0.3) is 0 Å². The lowest BCUT2D eigenvalue weighted by Gasteiger charge is -2.29. The fourth-order valence-electron chi connectivity index (χ4n) is 3.85. The molecule has 1 aliphatic rings. The zero-order chi connectivity index (χ0) is 25.0. The van der Waals surface area contributed by atoms with Crippen LogP contribution in [-0.2, 0) is 21.5 Å². The van der Waals surface area contributed by atoms with Crippen molar-refractivity contribution in [3.8, 4) is 17.2 Å². The molecule has 0 bridgehead atoms. The monoisotopic (exact) mass is 529 g/mol. The summed E-state index contributed by atoms with van der Waals surface area (Å²) in [6.07, 6.45) is 0.807. The van der Waals surface area contributed by atoms with E-state index < -0.39 is 10.2 Å². The number of rotatable bonds is 8. The van der Waals surface area contributed by atoms with Crippen LogP contribution in [0.5, 0.6) is 17.2 Å². The molecule has 8 nitrogen and oxygen atoms in total. The van der Waals surface area contributed by atoms with Crippen molar-refractivity contribution in [3.63, 3.8) is 0 Å². The fraction of sp³-hybridized carbons (Fsp3) is 0.435. The van der Waals surface area contributed by atoms with Crippen molar-refractivity contribution in [2.75, 3.05) is 20.2 Å². The van der Waals surface area contributed by atoms with E-state index >= 15 is 0 Å². The van der Waals surface area contributed by atoms with Crippen molar-refractivity contribution in [1.29, 1.82) is 0 Å². The van der Waals surface area contributed by atoms with Crippen LogP contribution in [0.2, 0.25) is 10.0 Å². The average molecular weight is 530 g/mol. The molecule has 0 aliphatic carbocycles. The summed E-state index contributed by atoms with van der Waals surface area (Å²) >= 11 is 13.0. The molecule has 3 N–H and O–H groups in total. The summed E-state index contributed by atoms with van der Waals surface area (Å²) in [6.45, 7) is 4.74. The van der Waals surface area contributed by atoms with Crippen molar-refractivity contribution in [2.24, 2.45) is 11.1 Å². The quantitative estimate of drug-likeness (QED) is 0.524. The zero-order valence-corrected chi connectivity index (χ0v) is 21.6. The normalized spacial score (nSPS) is 15.4. The van der Waals surface area contributed by atoms with Gasteiger partial charge in [-0.05, 0) is 48.6 Å². The second-order valence-electron chi connectivity index (χ2n) is 8.45. The maximum Gasteiger partial charge on any atom is 0.276 e. The summed E-state index contributed by atoms with van der Waals surface area (Å²) in [4.78, 5) is 12.6. The molecule has 0 atom stereocenters. The van der Waals surface area contributed by atoms with Gasteiger partial charge in [0.25, 0.3) is 10.2 Å². The molecule has 0 spiro atoms. The fourth-order valence-corrected chi connectivity index (χ4v) is 5.08. The SMILES string of the molecule is COc1ccc(Oc2c(Cl)ccc(CNC(=O)C3CCN(S(N)(=O)=O)CC3)c2Cl)cc1C(C)C. The first-order chi connectivity index (χ1) is 16.0. The zero-order valence-electron chi connectivity index (χ0n) is 19.3. The molecule has 1 fully saturated rings. The minimum atomic E-state index is -3.73. The molecule has 0 radical (unpaired) electrons. The van der Waals surface area contributed by atoms with E-state index in [4.69, 9.17) is 37.8 Å². The van der Waals surface area contributed by atoms with Gasteiger partial charge in [-0.1, -0.05) is 43.1 Å². The second kappa shape index (κ2) is 11.1. The number of ether oxygens (including phenoxy) is 2. The number of nitrogens with zero attached hydrogens (tertiary/aromatic N) is 1. The van der Waals surface area contributed by atoms with E-state index in [0.717, 1.165) is 11.3 Å². The van der Waals surface area contributed by atoms with Crippen molar-refractivity contribution in [2.45, 2.75) is 39.2 Å². The molecule has 1 heterocycles. The molecule has 3 rings (SSSR count). The second-order valence-corrected chi connectivity index (χ2v) is 10.8. The van der Waals surface area contributed by atoms with Crippen LogP contribution in [-0.4, -0.2) is 38.8 Å². The Morgan fingerprint density at radius 3 is 2.47 bits per heavy atom. The third kappa shape index (κ3) is 6.34. The molecule has 11 heteroatoms. The summed E-state index contributed by atoms with van der Waals surface area (Å²) in [5.74, 6) is 1.40. The number of carbonyl (C=O) groups excluding carboxylic acids is 1. The third-order valence-corrected chi connectivity index (χ3v) is 7.61. The molecule has 2 aromatic carbocycles. The van der Waals surface area contributed by atoms with E-state index in [1.54, 1.807) is 25.3 Å². The van der Waals surface area contributed by atoms with E-state index in [0.29, 0.717) is 39.9 Å². The number of halogens is 2. The van der Waals surface area contributed by atoms with Gasteiger partial charge in [-0.3, -0.25) is 4.79 Å². The number of amides is 1. The Hall–Kier alpha value is -2.04. The standard InChI is InChI=1S/C23H29Cl2N3O5S/c1-14(2)18-12-17(5-7-20(18)32-3)33-22-19(24)6-4-16(21(22)25)13-27-23(29)15-8-10-28(11-9-15)34(26,30)31/h4-7,12,14-15H,8-11,13H2,1-3H3,(H,27,29)(H2,26,30,31). The van der Waals surface area contributed by atoms with Gasteiger partial charge in [0.2, 0.25) is 5.91 Å². The largest absolute Gasteiger partial charge is 0.496 e. The molecule has 1 aliphatic heterocycles. The van der Waals surface area contributed by atoms with Crippen LogP contribution in [0.15, 0.2) is 30.3 Å². The van der Waals surface area contributed by atoms with Crippen LogP contribution >= 0.6 is 23.2 Å². The van der Waals surface area contributed by atoms with E-state index in [2.05, 4.69) is 19.2 Å². The molecule has 34 heavy (non-hydrogen) atoms. The molecule has 0 aromatic heterocycles. The Kier molecular flexibility index (Phi) is 8.70. The number of carbonyl (C=O) groups is 1. The molecular formula is C23H29Cl2N3O5S. The number of methoxy groups -OCH3 is 1. The highest BCUT2D eigenvalue weighted by Crippen LogP contribution is 2.40. The maximum absolute atomic E-state index is 12.6. The first-order valence-electron chi connectivity index (χ1n) is 10.9. The Balaban J connectivity index is 1.69. The molecule has 1 amide bonds. The number of nitrogens with one attached hydrogen (secondary N) is 1. The van der Waals surface area contributed by atoms with Gasteiger partial charge in [0.1, 0.15) is 11.5 Å². The highest BCUT2D eigenvalue weighted by molar-refractivity contribution is 7.86. The van der Waals surface area contributed by atoms with E-state index in [-0.39, 0.29) is 37.4 Å². The van der Waals surface area contributed by atoms with Gasteiger partial charge in [-0.2, -0.15) is 12.7 Å². The summed E-state index contributed by atoms with van der Waals surface area (Å²) in [5.41, 5.74) is 1.64. The van der Waals surface area contributed by atoms with Crippen molar-refractivity contribution < 1.29 is 22.7 Å². The third-order valence-electron chi connectivity index (χ3n) is 5.81. The minimum Gasteiger partial charge on any atom is -0.496 e. The Morgan fingerprint density at radius 2 is 1.88 bits per heavy atom. The number of hydrogen-bond donors (Lipinski definition) is 2. The lowest BCUT2D eigenvalue weighted by molar-refractivity contribution is -0.126. The highest BCUT2D eigenvalue weighted by atomic mass is 35.5. The molecule has 0 saturated carbocycles. The molecule has 0 unspecified atom stereocenters. The van der Waals surface area contributed by atoms with E-state index in [1.807, 2.05) is 12.1 Å². The molecular weight excluding hydrogens is 501 g/mol. The van der Waals surface area contributed by atoms with Gasteiger partial charge in [0, 0.05) is 31.1 Å². The summed E-state index contributed by atoms with van der Waals surface area (Å²) < 4.78 is 35.5.